The van der Waals surface area contributed by atoms with Gasteiger partial charge in [0.1, 0.15) is 11.6 Å². The van der Waals surface area contributed by atoms with E-state index in [0.717, 1.165) is 22.3 Å². The topological polar surface area (TPSA) is 74.5 Å². The summed E-state index contributed by atoms with van der Waals surface area (Å²) in [5.41, 5.74) is 3.86. The van der Waals surface area contributed by atoms with Crippen molar-refractivity contribution in [3.05, 3.63) is 89.4 Å². The molecule has 0 saturated carbocycles. The van der Waals surface area contributed by atoms with Crippen LogP contribution < -0.4 is 0 Å². The van der Waals surface area contributed by atoms with Crippen LogP contribution in [-0.2, 0) is 0 Å². The second-order valence-corrected chi connectivity index (χ2v) is 6.22. The molecule has 0 fully saturated rings. The van der Waals surface area contributed by atoms with E-state index in [2.05, 4.69) is 10.1 Å². The Morgan fingerprint density at radius 2 is 1.89 bits per heavy atom. The van der Waals surface area contributed by atoms with Crippen molar-refractivity contribution in [2.75, 3.05) is 0 Å². The number of nitriles is 1. The van der Waals surface area contributed by atoms with Crippen LogP contribution in [-0.4, -0.2) is 20.5 Å². The lowest BCUT2D eigenvalue weighted by Crippen LogP contribution is -2.03. The first-order valence-electron chi connectivity index (χ1n) is 8.51. The predicted molar refractivity (Wildman–Crippen MR) is 105 cm³/mol. The summed E-state index contributed by atoms with van der Waals surface area (Å²) in [5.74, 6) is -0.292. The van der Waals surface area contributed by atoms with Crippen molar-refractivity contribution < 1.29 is 4.79 Å². The van der Waals surface area contributed by atoms with Gasteiger partial charge in [-0.25, -0.2) is 4.68 Å². The minimum atomic E-state index is -0.292. The summed E-state index contributed by atoms with van der Waals surface area (Å²) in [6.45, 7) is 1.84. The highest BCUT2D eigenvalue weighted by Crippen LogP contribution is 2.25. The predicted octanol–water partition coefficient (Wildman–Crippen LogP) is 4.45. The Hall–Kier alpha value is -3.91. The standard InChI is InChI=1S/C22H16N4O/c1-15-21(19-9-5-6-10-20(19)25-15)22(27)17(12-23)11-16-13-24-26(14-16)18-7-3-2-4-8-18/h2-11,13-14,25H,1H3/b17-11+. The maximum atomic E-state index is 13.0. The summed E-state index contributed by atoms with van der Waals surface area (Å²) in [5, 5.41) is 14.7. The van der Waals surface area contributed by atoms with Crippen LogP contribution in [0.1, 0.15) is 21.6 Å². The third kappa shape index (κ3) is 3.05. The molecule has 130 valence electrons. The number of ketones is 1. The fraction of sp³-hybridized carbons (Fsp3) is 0.0455. The second kappa shape index (κ2) is 6.77. The Balaban J connectivity index is 1.72. The number of Topliss-reactive ketones (excluding diaryl/α,β-unsaturated/α-hetero) is 1. The molecule has 0 aliphatic carbocycles. The molecule has 27 heavy (non-hydrogen) atoms. The summed E-state index contributed by atoms with van der Waals surface area (Å²) in [6, 6.07) is 19.3. The minimum Gasteiger partial charge on any atom is -0.358 e. The fourth-order valence-corrected chi connectivity index (χ4v) is 3.15. The molecular weight excluding hydrogens is 336 g/mol. The maximum Gasteiger partial charge on any atom is 0.205 e. The van der Waals surface area contributed by atoms with Gasteiger partial charge in [0.15, 0.2) is 0 Å². The zero-order valence-corrected chi connectivity index (χ0v) is 14.7. The molecule has 5 heteroatoms. The summed E-state index contributed by atoms with van der Waals surface area (Å²) < 4.78 is 1.71. The zero-order chi connectivity index (χ0) is 18.8. The molecule has 0 bridgehead atoms. The lowest BCUT2D eigenvalue weighted by Gasteiger charge is -2.00. The van der Waals surface area contributed by atoms with Crippen LogP contribution >= 0.6 is 0 Å². The molecule has 0 atom stereocenters. The molecule has 0 radical (unpaired) electrons. The van der Waals surface area contributed by atoms with Crippen LogP contribution in [0.4, 0.5) is 0 Å². The molecule has 0 aliphatic heterocycles. The number of allylic oxidation sites excluding steroid dienone is 1. The van der Waals surface area contributed by atoms with Crippen molar-refractivity contribution in [3.8, 4) is 11.8 Å². The van der Waals surface area contributed by atoms with E-state index in [0.29, 0.717) is 11.1 Å². The van der Waals surface area contributed by atoms with Crippen molar-refractivity contribution in [1.82, 2.24) is 14.8 Å². The van der Waals surface area contributed by atoms with Crippen molar-refractivity contribution >= 4 is 22.8 Å². The van der Waals surface area contributed by atoms with E-state index in [9.17, 15) is 10.1 Å². The maximum absolute atomic E-state index is 13.0. The number of hydrogen-bond acceptors (Lipinski definition) is 3. The first kappa shape index (κ1) is 16.6. The Labute approximate surface area is 156 Å². The van der Waals surface area contributed by atoms with Gasteiger partial charge in [-0.1, -0.05) is 36.4 Å². The molecule has 1 N–H and O–H groups in total. The molecule has 2 aromatic carbocycles. The lowest BCUT2D eigenvalue weighted by atomic mass is 10.00. The van der Waals surface area contributed by atoms with Crippen molar-refractivity contribution in [2.45, 2.75) is 6.92 Å². The van der Waals surface area contributed by atoms with Crippen LogP contribution in [0.15, 0.2) is 72.6 Å². The highest BCUT2D eigenvalue weighted by atomic mass is 16.1. The van der Waals surface area contributed by atoms with Gasteiger partial charge in [-0.2, -0.15) is 10.4 Å². The first-order valence-corrected chi connectivity index (χ1v) is 8.51. The molecule has 4 aromatic rings. The van der Waals surface area contributed by atoms with Crippen LogP contribution in [0.25, 0.3) is 22.7 Å². The number of rotatable bonds is 4. The quantitative estimate of drug-likeness (QED) is 0.335. The molecule has 0 aliphatic rings. The Morgan fingerprint density at radius 1 is 1.15 bits per heavy atom. The largest absolute Gasteiger partial charge is 0.358 e. The van der Waals surface area contributed by atoms with Gasteiger partial charge >= 0.3 is 0 Å². The molecule has 2 aromatic heterocycles. The number of nitrogens with zero attached hydrogens (tertiary/aromatic N) is 3. The number of aryl methyl sites for hydroxylation is 1. The van der Waals surface area contributed by atoms with E-state index in [1.54, 1.807) is 23.2 Å². The number of H-pyrrole nitrogens is 1. The van der Waals surface area contributed by atoms with Crippen LogP contribution in [0.5, 0.6) is 0 Å². The number of benzene rings is 2. The second-order valence-electron chi connectivity index (χ2n) is 6.22. The van der Waals surface area contributed by atoms with E-state index < -0.39 is 0 Å². The van der Waals surface area contributed by atoms with Crippen LogP contribution in [0, 0.1) is 18.3 Å². The van der Waals surface area contributed by atoms with Crippen molar-refractivity contribution in [1.29, 1.82) is 5.26 Å². The monoisotopic (exact) mass is 352 g/mol. The molecule has 4 rings (SSSR count). The molecule has 0 amide bonds. The number of para-hydroxylation sites is 2. The summed E-state index contributed by atoms with van der Waals surface area (Å²) >= 11 is 0. The summed E-state index contributed by atoms with van der Waals surface area (Å²) in [4.78, 5) is 16.2. The highest BCUT2D eigenvalue weighted by molar-refractivity contribution is 6.20. The molecule has 0 saturated heterocycles. The van der Waals surface area contributed by atoms with E-state index in [1.807, 2.05) is 67.6 Å². The third-order valence-corrected chi connectivity index (χ3v) is 4.42. The van der Waals surface area contributed by atoms with Gasteiger partial charge in [0.05, 0.1) is 17.4 Å². The summed E-state index contributed by atoms with van der Waals surface area (Å²) in [6.07, 6.45) is 5.01. The van der Waals surface area contributed by atoms with Gasteiger partial charge in [0.2, 0.25) is 5.78 Å². The van der Waals surface area contributed by atoms with Crippen LogP contribution in [0.3, 0.4) is 0 Å². The highest BCUT2D eigenvalue weighted by Gasteiger charge is 2.19. The van der Waals surface area contributed by atoms with Gasteiger partial charge in [-0.05, 0) is 31.2 Å². The third-order valence-electron chi connectivity index (χ3n) is 4.42. The number of aromatic amines is 1. The average molecular weight is 352 g/mol. The normalized spacial score (nSPS) is 11.5. The minimum absolute atomic E-state index is 0.0791. The van der Waals surface area contributed by atoms with Crippen LogP contribution in [0.2, 0.25) is 0 Å². The Kier molecular flexibility index (Phi) is 4.15. The zero-order valence-electron chi connectivity index (χ0n) is 14.7. The number of hydrogen-bond donors (Lipinski definition) is 1. The van der Waals surface area contributed by atoms with Crippen molar-refractivity contribution in [2.24, 2.45) is 0 Å². The molecule has 0 unspecified atom stereocenters. The number of carbonyl (C=O) groups excluding carboxylic acids is 1. The molecular formula is C22H16N4O. The van der Waals surface area contributed by atoms with E-state index >= 15 is 0 Å². The number of carbonyl (C=O) groups is 1. The van der Waals surface area contributed by atoms with Gasteiger partial charge in [0, 0.05) is 28.4 Å². The molecule has 5 nitrogen and oxygen atoms in total. The van der Waals surface area contributed by atoms with E-state index in [1.165, 1.54) is 0 Å². The number of nitrogens with one attached hydrogen (secondary N) is 1. The average Bonchev–Trinajstić information content (AvgIpc) is 3.29. The number of aromatic nitrogens is 3. The lowest BCUT2D eigenvalue weighted by molar-refractivity contribution is 0.104. The smallest absolute Gasteiger partial charge is 0.205 e. The van der Waals surface area contributed by atoms with Gasteiger partial charge in [-0.15, -0.1) is 0 Å². The fourth-order valence-electron chi connectivity index (χ4n) is 3.15. The van der Waals surface area contributed by atoms with Gasteiger partial charge in [-0.3, -0.25) is 4.79 Å². The molecule has 2 heterocycles. The Morgan fingerprint density at radius 3 is 2.67 bits per heavy atom. The van der Waals surface area contributed by atoms with Gasteiger partial charge in [0.25, 0.3) is 0 Å². The van der Waals surface area contributed by atoms with Crippen molar-refractivity contribution in [3.63, 3.8) is 0 Å². The Bertz CT molecular complexity index is 1210. The number of fused-ring (bicyclic) bond motifs is 1. The summed E-state index contributed by atoms with van der Waals surface area (Å²) in [7, 11) is 0. The SMILES string of the molecule is Cc1[nH]c2ccccc2c1C(=O)/C(C#N)=C/c1cnn(-c2ccccc2)c1. The molecule has 0 spiro atoms. The van der Waals surface area contributed by atoms with E-state index in [4.69, 9.17) is 0 Å². The van der Waals surface area contributed by atoms with Gasteiger partial charge < -0.3 is 4.98 Å². The first-order chi connectivity index (χ1) is 13.2. The van der Waals surface area contributed by atoms with E-state index in [-0.39, 0.29) is 11.4 Å².